The summed E-state index contributed by atoms with van der Waals surface area (Å²) in [6, 6.07) is 3.54. The highest BCUT2D eigenvalue weighted by Crippen LogP contribution is 2.23. The molecule has 7 heteroatoms. The van der Waals surface area contributed by atoms with Crippen molar-refractivity contribution in [2.24, 2.45) is 5.92 Å². The van der Waals surface area contributed by atoms with E-state index in [1.165, 1.54) is 0 Å². The summed E-state index contributed by atoms with van der Waals surface area (Å²) in [6.45, 7) is 7.57. The monoisotopic (exact) mass is 353 g/mol. The molecule has 1 unspecified atom stereocenters. The number of carbonyl (C=O) groups excluding carboxylic acids is 1. The molecule has 0 radical (unpaired) electrons. The number of hydrogen-bond donors (Lipinski definition) is 1. The van der Waals surface area contributed by atoms with Gasteiger partial charge in [-0.05, 0) is 37.8 Å². The molecule has 1 aromatic rings. The Kier molecular flexibility index (Phi) is 6.21. The van der Waals surface area contributed by atoms with E-state index in [0.29, 0.717) is 31.1 Å². The van der Waals surface area contributed by atoms with Crippen LogP contribution < -0.4 is 10.2 Å². The lowest BCUT2D eigenvalue weighted by Gasteiger charge is -2.28. The van der Waals surface area contributed by atoms with E-state index in [9.17, 15) is 13.2 Å². The molecular weight excluding hydrogens is 326 g/mol. The molecule has 1 aromatic heterocycles. The van der Waals surface area contributed by atoms with Gasteiger partial charge in [-0.15, -0.1) is 0 Å². The molecule has 0 aromatic carbocycles. The Hall–Kier alpha value is -1.63. The standard InChI is InChI=1S/C17H27N3O3S/c1-4-20(15-8-10-24(22,23)12-15)14-5-6-16(19-11-14)17(21)18-9-7-13(2)3/h5-6,11,13,15H,4,7-10,12H2,1-3H3,(H,18,21). The highest BCUT2D eigenvalue weighted by atomic mass is 32.2. The quantitative estimate of drug-likeness (QED) is 0.809. The average molecular weight is 353 g/mol. The van der Waals surface area contributed by atoms with Crippen LogP contribution in [0.5, 0.6) is 0 Å². The van der Waals surface area contributed by atoms with Crippen LogP contribution in [0, 0.1) is 5.92 Å². The molecule has 0 saturated carbocycles. The summed E-state index contributed by atoms with van der Waals surface area (Å²) in [7, 11) is -2.92. The molecule has 0 aliphatic carbocycles. The van der Waals surface area contributed by atoms with E-state index in [-0.39, 0.29) is 23.5 Å². The predicted octanol–water partition coefficient (Wildman–Crippen LogP) is 1.87. The zero-order valence-electron chi connectivity index (χ0n) is 14.7. The summed E-state index contributed by atoms with van der Waals surface area (Å²) in [6.07, 6.45) is 3.24. The summed E-state index contributed by atoms with van der Waals surface area (Å²) in [5.74, 6) is 0.811. The lowest BCUT2D eigenvalue weighted by molar-refractivity contribution is 0.0947. The third-order valence-electron chi connectivity index (χ3n) is 4.31. The second-order valence-electron chi connectivity index (χ2n) is 6.68. The fraction of sp³-hybridized carbons (Fsp3) is 0.647. The number of hydrogen-bond acceptors (Lipinski definition) is 5. The number of aromatic nitrogens is 1. The third-order valence-corrected chi connectivity index (χ3v) is 6.06. The maximum absolute atomic E-state index is 12.1. The Bertz CT molecular complexity index is 656. The predicted molar refractivity (Wildman–Crippen MR) is 96.1 cm³/mol. The Balaban J connectivity index is 2.01. The highest BCUT2D eigenvalue weighted by molar-refractivity contribution is 7.91. The summed E-state index contributed by atoms with van der Waals surface area (Å²) >= 11 is 0. The van der Waals surface area contributed by atoms with Gasteiger partial charge in [0, 0.05) is 19.1 Å². The first-order valence-corrected chi connectivity index (χ1v) is 10.4. The molecule has 6 nitrogen and oxygen atoms in total. The van der Waals surface area contributed by atoms with Crippen molar-refractivity contribution in [3.63, 3.8) is 0 Å². The Morgan fingerprint density at radius 1 is 1.42 bits per heavy atom. The van der Waals surface area contributed by atoms with E-state index >= 15 is 0 Å². The molecule has 1 N–H and O–H groups in total. The Morgan fingerprint density at radius 3 is 2.67 bits per heavy atom. The van der Waals surface area contributed by atoms with E-state index < -0.39 is 9.84 Å². The van der Waals surface area contributed by atoms with Crippen molar-refractivity contribution in [2.75, 3.05) is 29.5 Å². The zero-order valence-corrected chi connectivity index (χ0v) is 15.5. The van der Waals surface area contributed by atoms with Crippen LogP contribution in [0.4, 0.5) is 5.69 Å². The minimum Gasteiger partial charge on any atom is -0.367 e. The molecular formula is C17H27N3O3S. The minimum absolute atomic E-state index is 0.00693. The van der Waals surface area contributed by atoms with Gasteiger partial charge in [0.05, 0.1) is 23.4 Å². The van der Waals surface area contributed by atoms with Crippen molar-refractivity contribution in [3.05, 3.63) is 24.0 Å². The number of sulfone groups is 1. The van der Waals surface area contributed by atoms with Crippen molar-refractivity contribution >= 4 is 21.4 Å². The van der Waals surface area contributed by atoms with Crippen LogP contribution in [0.25, 0.3) is 0 Å². The van der Waals surface area contributed by atoms with Gasteiger partial charge in [-0.2, -0.15) is 0 Å². The van der Waals surface area contributed by atoms with E-state index in [2.05, 4.69) is 29.0 Å². The number of amides is 1. The van der Waals surface area contributed by atoms with Gasteiger partial charge in [-0.25, -0.2) is 13.4 Å². The van der Waals surface area contributed by atoms with Crippen molar-refractivity contribution in [1.82, 2.24) is 10.3 Å². The van der Waals surface area contributed by atoms with Crippen LogP contribution in [-0.2, 0) is 9.84 Å². The van der Waals surface area contributed by atoms with Crippen LogP contribution >= 0.6 is 0 Å². The fourth-order valence-electron chi connectivity index (χ4n) is 2.93. The number of rotatable bonds is 7. The maximum atomic E-state index is 12.1. The summed E-state index contributed by atoms with van der Waals surface area (Å²) in [5.41, 5.74) is 1.25. The zero-order chi connectivity index (χ0) is 17.7. The lowest BCUT2D eigenvalue weighted by atomic mass is 10.1. The molecule has 0 bridgehead atoms. The summed E-state index contributed by atoms with van der Waals surface area (Å²) in [4.78, 5) is 18.4. The van der Waals surface area contributed by atoms with Crippen LogP contribution in [-0.4, -0.2) is 49.9 Å². The smallest absolute Gasteiger partial charge is 0.269 e. The summed E-state index contributed by atoms with van der Waals surface area (Å²) in [5, 5.41) is 2.86. The van der Waals surface area contributed by atoms with Crippen molar-refractivity contribution < 1.29 is 13.2 Å². The second-order valence-corrected chi connectivity index (χ2v) is 8.91. The molecule has 2 rings (SSSR count). The first-order valence-electron chi connectivity index (χ1n) is 8.53. The average Bonchev–Trinajstić information content (AvgIpc) is 2.88. The topological polar surface area (TPSA) is 79.4 Å². The van der Waals surface area contributed by atoms with E-state index in [1.807, 2.05) is 13.0 Å². The number of pyridine rings is 1. The van der Waals surface area contributed by atoms with E-state index in [0.717, 1.165) is 12.1 Å². The van der Waals surface area contributed by atoms with Gasteiger partial charge in [0.15, 0.2) is 9.84 Å². The molecule has 1 atom stereocenters. The molecule has 24 heavy (non-hydrogen) atoms. The molecule has 1 fully saturated rings. The molecule has 1 aliphatic rings. The Labute approximate surface area is 144 Å². The van der Waals surface area contributed by atoms with Gasteiger partial charge in [0.1, 0.15) is 5.69 Å². The first kappa shape index (κ1) is 18.7. The van der Waals surface area contributed by atoms with Crippen LogP contribution in [0.2, 0.25) is 0 Å². The summed E-state index contributed by atoms with van der Waals surface area (Å²) < 4.78 is 23.4. The number of anilines is 1. The number of nitrogens with zero attached hydrogens (tertiary/aromatic N) is 2. The van der Waals surface area contributed by atoms with Crippen LogP contribution in [0.3, 0.4) is 0 Å². The Morgan fingerprint density at radius 2 is 2.17 bits per heavy atom. The van der Waals surface area contributed by atoms with E-state index in [4.69, 9.17) is 0 Å². The van der Waals surface area contributed by atoms with Crippen molar-refractivity contribution in [3.8, 4) is 0 Å². The van der Waals surface area contributed by atoms with Gasteiger partial charge < -0.3 is 10.2 Å². The second kappa shape index (κ2) is 7.96. The molecule has 2 heterocycles. The normalized spacial score (nSPS) is 19.4. The van der Waals surface area contributed by atoms with Gasteiger partial charge in [0.2, 0.25) is 0 Å². The maximum Gasteiger partial charge on any atom is 0.269 e. The van der Waals surface area contributed by atoms with Crippen LogP contribution in [0.15, 0.2) is 18.3 Å². The minimum atomic E-state index is -2.92. The molecule has 1 aliphatic heterocycles. The van der Waals surface area contributed by atoms with Gasteiger partial charge in [0.25, 0.3) is 5.91 Å². The lowest BCUT2D eigenvalue weighted by Crippen LogP contribution is -2.36. The molecule has 134 valence electrons. The molecule has 1 saturated heterocycles. The van der Waals surface area contributed by atoms with Gasteiger partial charge in [-0.3, -0.25) is 4.79 Å². The number of nitrogens with one attached hydrogen (secondary N) is 1. The highest BCUT2D eigenvalue weighted by Gasteiger charge is 2.31. The molecule has 0 spiro atoms. The first-order chi connectivity index (χ1) is 11.3. The SMILES string of the molecule is CCN(c1ccc(C(=O)NCCC(C)C)nc1)C1CCS(=O)(=O)C1. The molecule has 1 amide bonds. The van der Waals surface area contributed by atoms with Gasteiger partial charge in [-0.1, -0.05) is 13.8 Å². The fourth-order valence-corrected chi connectivity index (χ4v) is 4.66. The van der Waals surface area contributed by atoms with Crippen molar-refractivity contribution in [1.29, 1.82) is 0 Å². The van der Waals surface area contributed by atoms with E-state index in [1.54, 1.807) is 12.3 Å². The largest absolute Gasteiger partial charge is 0.367 e. The number of carbonyl (C=O) groups is 1. The third kappa shape index (κ3) is 4.93. The van der Waals surface area contributed by atoms with Crippen molar-refractivity contribution in [2.45, 2.75) is 39.7 Å². The van der Waals surface area contributed by atoms with Crippen LogP contribution in [0.1, 0.15) is 44.1 Å². The van der Waals surface area contributed by atoms with Gasteiger partial charge >= 0.3 is 0 Å².